The second kappa shape index (κ2) is 7.95. The molecule has 0 saturated carbocycles. The molecule has 2 heterocycles. The van der Waals surface area contributed by atoms with Gasteiger partial charge in [-0.25, -0.2) is 4.98 Å². The van der Waals surface area contributed by atoms with E-state index in [9.17, 15) is 9.59 Å². The van der Waals surface area contributed by atoms with Gasteiger partial charge in [0.1, 0.15) is 0 Å². The van der Waals surface area contributed by atoms with Gasteiger partial charge in [0.2, 0.25) is 17.0 Å². The Morgan fingerprint density at radius 2 is 2.23 bits per heavy atom. The topological polar surface area (TPSA) is 99.8 Å². The average Bonchev–Trinajstić information content (AvgIpc) is 3.12. The number of rotatable bonds is 7. The Kier molecular flexibility index (Phi) is 5.96. The average molecular weight is 339 g/mol. The summed E-state index contributed by atoms with van der Waals surface area (Å²) in [5, 5.41) is 14.6. The summed E-state index contributed by atoms with van der Waals surface area (Å²) in [4.78, 5) is 28.4. The van der Waals surface area contributed by atoms with Crippen LogP contribution in [0.5, 0.6) is 0 Å². The van der Waals surface area contributed by atoms with E-state index >= 15 is 0 Å². The van der Waals surface area contributed by atoms with E-state index in [1.54, 1.807) is 11.3 Å². The Bertz CT molecular complexity index is 624. The van der Waals surface area contributed by atoms with Crippen LogP contribution in [0.2, 0.25) is 0 Å². The molecule has 3 N–H and O–H groups in total. The van der Waals surface area contributed by atoms with E-state index in [0.717, 1.165) is 4.88 Å². The first-order chi connectivity index (χ1) is 10.5. The van der Waals surface area contributed by atoms with E-state index in [1.807, 2.05) is 31.4 Å². The second-order valence-corrected chi connectivity index (χ2v) is 6.62. The van der Waals surface area contributed by atoms with Gasteiger partial charge in [0, 0.05) is 6.04 Å². The molecule has 0 radical (unpaired) electrons. The smallest absolute Gasteiger partial charge is 0.239 e. The van der Waals surface area contributed by atoms with Crippen LogP contribution >= 0.6 is 23.1 Å². The van der Waals surface area contributed by atoms with Gasteiger partial charge < -0.3 is 10.6 Å². The fraction of sp³-hybridized carbons (Fsp3) is 0.385. The summed E-state index contributed by atoms with van der Waals surface area (Å²) in [7, 11) is 0. The fourth-order valence-electron chi connectivity index (χ4n) is 1.57. The first kappa shape index (κ1) is 16.5. The van der Waals surface area contributed by atoms with Gasteiger partial charge in [-0.15, -0.1) is 16.4 Å². The molecule has 0 atom stereocenters. The number of H-pyrrole nitrogens is 1. The molecule has 0 fully saturated rings. The number of carbonyl (C=O) groups excluding carboxylic acids is 2. The number of hydrogen-bond acceptors (Lipinski definition) is 6. The lowest BCUT2D eigenvalue weighted by Crippen LogP contribution is -2.40. The van der Waals surface area contributed by atoms with Gasteiger partial charge in [-0.1, -0.05) is 17.8 Å². The molecular weight excluding hydrogens is 322 g/mol. The van der Waals surface area contributed by atoms with Gasteiger partial charge in [0.15, 0.2) is 5.82 Å². The second-order valence-electron chi connectivity index (χ2n) is 4.73. The molecule has 2 aromatic heterocycles. The minimum Gasteiger partial charge on any atom is -0.352 e. The Morgan fingerprint density at radius 3 is 2.91 bits per heavy atom. The normalized spacial score (nSPS) is 10.7. The number of nitrogens with zero attached hydrogens (tertiary/aromatic N) is 2. The van der Waals surface area contributed by atoms with Crippen LogP contribution in [0, 0.1) is 0 Å². The molecule has 0 unspecified atom stereocenters. The lowest BCUT2D eigenvalue weighted by Gasteiger charge is -2.08. The molecule has 0 saturated heterocycles. The molecule has 2 rings (SSSR count). The zero-order valence-electron chi connectivity index (χ0n) is 12.3. The van der Waals surface area contributed by atoms with Gasteiger partial charge in [-0.05, 0) is 25.3 Å². The SMILES string of the molecule is CC(C)NC(=O)CNC(=O)CSc1n[nH]c(-c2cccs2)n1. The summed E-state index contributed by atoms with van der Waals surface area (Å²) in [5.41, 5.74) is 0. The zero-order chi connectivity index (χ0) is 15.9. The number of amides is 2. The highest BCUT2D eigenvalue weighted by Crippen LogP contribution is 2.22. The van der Waals surface area contributed by atoms with Crippen molar-refractivity contribution in [2.45, 2.75) is 25.0 Å². The molecular formula is C13H17N5O2S2. The molecule has 2 amide bonds. The molecule has 9 heteroatoms. The predicted molar refractivity (Wildman–Crippen MR) is 86.7 cm³/mol. The van der Waals surface area contributed by atoms with Gasteiger partial charge >= 0.3 is 0 Å². The summed E-state index contributed by atoms with van der Waals surface area (Å²) < 4.78 is 0. The first-order valence-electron chi connectivity index (χ1n) is 6.69. The maximum absolute atomic E-state index is 11.7. The van der Waals surface area contributed by atoms with E-state index in [2.05, 4.69) is 25.8 Å². The largest absolute Gasteiger partial charge is 0.352 e. The number of aromatic nitrogens is 3. The highest BCUT2D eigenvalue weighted by molar-refractivity contribution is 7.99. The number of hydrogen-bond donors (Lipinski definition) is 3. The van der Waals surface area contributed by atoms with E-state index in [4.69, 9.17) is 0 Å². The van der Waals surface area contributed by atoms with E-state index < -0.39 is 0 Å². The summed E-state index contributed by atoms with van der Waals surface area (Å²) >= 11 is 2.78. The van der Waals surface area contributed by atoms with Crippen LogP contribution in [0.4, 0.5) is 0 Å². The number of aromatic amines is 1. The maximum Gasteiger partial charge on any atom is 0.239 e. The Balaban J connectivity index is 1.74. The quantitative estimate of drug-likeness (QED) is 0.660. The summed E-state index contributed by atoms with van der Waals surface area (Å²) in [6, 6.07) is 3.94. The molecule has 118 valence electrons. The van der Waals surface area contributed by atoms with Crippen molar-refractivity contribution in [1.82, 2.24) is 25.8 Å². The minimum absolute atomic E-state index is 0.0218. The third-order valence-electron chi connectivity index (χ3n) is 2.45. The van der Waals surface area contributed by atoms with Crippen molar-refractivity contribution in [1.29, 1.82) is 0 Å². The summed E-state index contributed by atoms with van der Waals surface area (Å²) in [6.07, 6.45) is 0. The van der Waals surface area contributed by atoms with E-state index in [1.165, 1.54) is 11.8 Å². The fourth-order valence-corrected chi connectivity index (χ4v) is 2.86. The minimum atomic E-state index is -0.230. The van der Waals surface area contributed by atoms with Crippen molar-refractivity contribution in [3.05, 3.63) is 17.5 Å². The Hall–Kier alpha value is -1.87. The lowest BCUT2D eigenvalue weighted by atomic mass is 10.4. The highest BCUT2D eigenvalue weighted by atomic mass is 32.2. The van der Waals surface area contributed by atoms with E-state index in [-0.39, 0.29) is 30.2 Å². The van der Waals surface area contributed by atoms with Crippen LogP contribution in [0.25, 0.3) is 10.7 Å². The Morgan fingerprint density at radius 1 is 1.41 bits per heavy atom. The summed E-state index contributed by atoms with van der Waals surface area (Å²) in [5.74, 6) is 0.420. The van der Waals surface area contributed by atoms with Crippen molar-refractivity contribution >= 4 is 34.9 Å². The number of thioether (sulfide) groups is 1. The van der Waals surface area contributed by atoms with Crippen LogP contribution in [0.15, 0.2) is 22.7 Å². The van der Waals surface area contributed by atoms with Crippen molar-refractivity contribution < 1.29 is 9.59 Å². The molecule has 7 nitrogen and oxygen atoms in total. The molecule has 2 aromatic rings. The molecule has 0 aliphatic heterocycles. The third kappa shape index (κ3) is 5.15. The third-order valence-corrected chi connectivity index (χ3v) is 4.17. The Labute approximate surface area is 136 Å². The van der Waals surface area contributed by atoms with Gasteiger partial charge in [0.05, 0.1) is 17.2 Å². The molecule has 0 aliphatic rings. The zero-order valence-corrected chi connectivity index (χ0v) is 13.9. The molecule has 0 aliphatic carbocycles. The molecule has 0 spiro atoms. The number of thiophene rings is 1. The van der Waals surface area contributed by atoms with Crippen LogP contribution in [-0.4, -0.2) is 45.3 Å². The van der Waals surface area contributed by atoms with Gasteiger partial charge in [0.25, 0.3) is 0 Å². The van der Waals surface area contributed by atoms with Gasteiger partial charge in [-0.3, -0.25) is 14.7 Å². The van der Waals surface area contributed by atoms with Crippen molar-refractivity contribution in [2.24, 2.45) is 0 Å². The van der Waals surface area contributed by atoms with Crippen LogP contribution in [-0.2, 0) is 9.59 Å². The standard InChI is InChI=1S/C13H17N5O2S2/c1-8(2)15-10(19)6-14-11(20)7-22-13-16-12(17-18-13)9-4-3-5-21-9/h3-5,8H,6-7H2,1-2H3,(H,14,20)(H,15,19)(H,16,17,18). The van der Waals surface area contributed by atoms with Crippen LogP contribution in [0.1, 0.15) is 13.8 Å². The van der Waals surface area contributed by atoms with E-state index in [0.29, 0.717) is 11.0 Å². The van der Waals surface area contributed by atoms with Crippen LogP contribution < -0.4 is 10.6 Å². The summed E-state index contributed by atoms with van der Waals surface area (Å²) in [6.45, 7) is 3.71. The maximum atomic E-state index is 11.7. The lowest BCUT2D eigenvalue weighted by molar-refractivity contribution is -0.125. The first-order valence-corrected chi connectivity index (χ1v) is 8.56. The number of carbonyl (C=O) groups is 2. The monoisotopic (exact) mass is 339 g/mol. The van der Waals surface area contributed by atoms with Crippen molar-refractivity contribution in [2.75, 3.05) is 12.3 Å². The molecule has 0 bridgehead atoms. The molecule has 22 heavy (non-hydrogen) atoms. The molecule has 0 aromatic carbocycles. The number of nitrogens with one attached hydrogen (secondary N) is 3. The van der Waals surface area contributed by atoms with Crippen molar-refractivity contribution in [3.8, 4) is 10.7 Å². The van der Waals surface area contributed by atoms with Crippen molar-refractivity contribution in [3.63, 3.8) is 0 Å². The van der Waals surface area contributed by atoms with Gasteiger partial charge in [-0.2, -0.15) is 0 Å². The predicted octanol–water partition coefficient (Wildman–Crippen LogP) is 1.27. The highest BCUT2D eigenvalue weighted by Gasteiger charge is 2.10. The van der Waals surface area contributed by atoms with Crippen LogP contribution in [0.3, 0.4) is 0 Å².